The second-order valence-corrected chi connectivity index (χ2v) is 10.1. The summed E-state index contributed by atoms with van der Waals surface area (Å²) >= 11 is 0. The van der Waals surface area contributed by atoms with Crippen molar-refractivity contribution in [2.24, 2.45) is 0 Å². The van der Waals surface area contributed by atoms with E-state index in [-0.39, 0.29) is 0 Å². The fraction of sp³-hybridized carbons (Fsp3) is 0.385. The summed E-state index contributed by atoms with van der Waals surface area (Å²) in [5.41, 5.74) is 3.07. The maximum atomic E-state index is 2.43. The topological polar surface area (TPSA) is 0 Å². The van der Waals surface area contributed by atoms with Gasteiger partial charge in [-0.3, -0.25) is 0 Å². The third-order valence-corrected chi connectivity index (χ3v) is 4.94. The minimum atomic E-state index is -1.14. The third kappa shape index (κ3) is 1.69. The monoisotopic (exact) mass is 202 g/mol. The molecule has 0 spiro atoms. The highest BCUT2D eigenvalue weighted by Crippen LogP contribution is 2.34. The first-order chi connectivity index (χ1) is 6.59. The summed E-state index contributed by atoms with van der Waals surface area (Å²) in [5, 5.41) is 1.65. The van der Waals surface area contributed by atoms with Crippen molar-refractivity contribution in [3.05, 3.63) is 46.7 Å². The van der Waals surface area contributed by atoms with Gasteiger partial charge < -0.3 is 0 Å². The molecule has 0 saturated carbocycles. The number of hydrogen-bond acceptors (Lipinski definition) is 0. The molecule has 0 radical (unpaired) electrons. The van der Waals surface area contributed by atoms with E-state index in [0.29, 0.717) is 0 Å². The van der Waals surface area contributed by atoms with Gasteiger partial charge in [-0.2, -0.15) is 0 Å². The molecule has 0 bridgehead atoms. The van der Waals surface area contributed by atoms with Crippen LogP contribution in [0.3, 0.4) is 0 Å². The average Bonchev–Trinajstić information content (AvgIpc) is 2.73. The molecule has 0 nitrogen and oxygen atoms in total. The lowest BCUT2D eigenvalue weighted by Crippen LogP contribution is -2.23. The van der Waals surface area contributed by atoms with Gasteiger partial charge in [-0.1, -0.05) is 55.2 Å². The van der Waals surface area contributed by atoms with Crippen LogP contribution in [0.4, 0.5) is 0 Å². The molecule has 1 heteroatoms. The van der Waals surface area contributed by atoms with E-state index >= 15 is 0 Å². The summed E-state index contributed by atoms with van der Waals surface area (Å²) in [7, 11) is -1.14. The Hall–Kier alpha value is -0.823. The van der Waals surface area contributed by atoms with Crippen LogP contribution in [0.2, 0.25) is 19.6 Å². The van der Waals surface area contributed by atoms with Crippen LogP contribution in [0.25, 0.3) is 0 Å². The van der Waals surface area contributed by atoms with Gasteiger partial charge in [0.1, 0.15) is 0 Å². The molecule has 0 unspecified atom stereocenters. The zero-order valence-electron chi connectivity index (χ0n) is 9.30. The van der Waals surface area contributed by atoms with E-state index in [4.69, 9.17) is 0 Å². The van der Waals surface area contributed by atoms with Gasteiger partial charge in [0.25, 0.3) is 0 Å². The summed E-state index contributed by atoms with van der Waals surface area (Å²) in [6.07, 6.45) is 13.8. The van der Waals surface area contributed by atoms with Crippen molar-refractivity contribution >= 4 is 8.07 Å². The van der Waals surface area contributed by atoms with Crippen molar-refractivity contribution in [2.75, 3.05) is 0 Å². The third-order valence-electron chi connectivity index (χ3n) is 2.86. The Labute approximate surface area is 87.7 Å². The predicted molar refractivity (Wildman–Crippen MR) is 66.0 cm³/mol. The Morgan fingerprint density at radius 2 is 1.86 bits per heavy atom. The first-order valence-corrected chi connectivity index (χ1v) is 8.86. The van der Waals surface area contributed by atoms with Crippen molar-refractivity contribution in [3.8, 4) is 0 Å². The highest BCUT2D eigenvalue weighted by molar-refractivity contribution is 6.84. The van der Waals surface area contributed by atoms with Crippen LogP contribution in [-0.4, -0.2) is 8.07 Å². The molecule has 2 aliphatic rings. The summed E-state index contributed by atoms with van der Waals surface area (Å²) in [5.74, 6) is 0. The lowest BCUT2D eigenvalue weighted by atomic mass is 10.1. The van der Waals surface area contributed by atoms with Gasteiger partial charge in [-0.05, 0) is 24.0 Å². The molecule has 0 saturated heterocycles. The minimum absolute atomic E-state index is 1.12. The van der Waals surface area contributed by atoms with Crippen LogP contribution in [0.1, 0.15) is 12.8 Å². The standard InChI is InChI=1S/C13H18Si/c1-14(2,3)13-10-6-9-12(13)11-7-4-5-8-11/h4,6-8,10H,5,9H2,1-3H3. The van der Waals surface area contributed by atoms with E-state index in [1.807, 2.05) is 0 Å². The van der Waals surface area contributed by atoms with Crippen LogP contribution < -0.4 is 0 Å². The molecular formula is C13H18Si. The first kappa shape index (κ1) is 9.72. The van der Waals surface area contributed by atoms with Crippen LogP contribution in [0.15, 0.2) is 46.7 Å². The predicted octanol–water partition coefficient (Wildman–Crippen LogP) is 4.01. The Kier molecular flexibility index (Phi) is 2.36. The molecule has 0 N–H and O–H groups in total. The zero-order chi connectivity index (χ0) is 10.2. The lowest BCUT2D eigenvalue weighted by Gasteiger charge is -2.19. The Balaban J connectivity index is 2.39. The molecule has 0 aliphatic heterocycles. The van der Waals surface area contributed by atoms with Gasteiger partial charge >= 0.3 is 0 Å². The van der Waals surface area contributed by atoms with E-state index in [9.17, 15) is 0 Å². The van der Waals surface area contributed by atoms with Gasteiger partial charge in [-0.25, -0.2) is 0 Å². The molecule has 2 aliphatic carbocycles. The summed E-state index contributed by atoms with van der Waals surface area (Å²) < 4.78 is 0. The van der Waals surface area contributed by atoms with Crippen LogP contribution in [0, 0.1) is 0 Å². The van der Waals surface area contributed by atoms with Crippen molar-refractivity contribution < 1.29 is 0 Å². The molecule has 0 aromatic heterocycles. The molecule has 14 heavy (non-hydrogen) atoms. The van der Waals surface area contributed by atoms with E-state index in [0.717, 1.165) is 12.8 Å². The van der Waals surface area contributed by atoms with Crippen LogP contribution in [-0.2, 0) is 0 Å². The molecule has 0 fully saturated rings. The number of allylic oxidation sites excluding steroid dienone is 8. The molecule has 74 valence electrons. The van der Waals surface area contributed by atoms with E-state index in [1.165, 1.54) is 5.57 Å². The Morgan fingerprint density at radius 1 is 1.07 bits per heavy atom. The van der Waals surface area contributed by atoms with Gasteiger partial charge in [0, 0.05) is 0 Å². The highest BCUT2D eigenvalue weighted by atomic mass is 28.3. The molecule has 0 aromatic rings. The zero-order valence-corrected chi connectivity index (χ0v) is 10.3. The smallest absolute Gasteiger partial charge is 0.0779 e. The summed E-state index contributed by atoms with van der Waals surface area (Å²) in [6, 6.07) is 0. The molecule has 0 heterocycles. The highest BCUT2D eigenvalue weighted by Gasteiger charge is 2.24. The minimum Gasteiger partial charge on any atom is -0.0802 e. The van der Waals surface area contributed by atoms with Crippen molar-refractivity contribution in [2.45, 2.75) is 32.5 Å². The normalized spacial score (nSPS) is 20.9. The second kappa shape index (κ2) is 3.39. The van der Waals surface area contributed by atoms with Crippen molar-refractivity contribution in [1.82, 2.24) is 0 Å². The van der Waals surface area contributed by atoms with E-state index in [1.54, 1.807) is 10.8 Å². The van der Waals surface area contributed by atoms with E-state index in [2.05, 4.69) is 50.0 Å². The molecule has 0 atom stereocenters. The number of hydrogen-bond donors (Lipinski definition) is 0. The summed E-state index contributed by atoms with van der Waals surface area (Å²) in [4.78, 5) is 0. The van der Waals surface area contributed by atoms with Crippen molar-refractivity contribution in [3.63, 3.8) is 0 Å². The molecule has 0 aromatic carbocycles. The van der Waals surface area contributed by atoms with Gasteiger partial charge in [0.2, 0.25) is 0 Å². The molecule has 2 rings (SSSR count). The Bertz CT molecular complexity index is 359. The Morgan fingerprint density at radius 3 is 2.43 bits per heavy atom. The van der Waals surface area contributed by atoms with Crippen molar-refractivity contribution in [1.29, 1.82) is 0 Å². The lowest BCUT2D eigenvalue weighted by molar-refractivity contribution is 1.27. The van der Waals surface area contributed by atoms with Crippen LogP contribution in [0.5, 0.6) is 0 Å². The number of rotatable bonds is 2. The average molecular weight is 202 g/mol. The fourth-order valence-electron chi connectivity index (χ4n) is 2.16. The maximum Gasteiger partial charge on any atom is 0.0779 e. The molecular weight excluding hydrogens is 184 g/mol. The second-order valence-electron chi connectivity index (χ2n) is 5.05. The molecule has 0 amide bonds. The quantitative estimate of drug-likeness (QED) is 0.594. The van der Waals surface area contributed by atoms with Crippen LogP contribution >= 0.6 is 0 Å². The van der Waals surface area contributed by atoms with Gasteiger partial charge in [0.15, 0.2) is 0 Å². The van der Waals surface area contributed by atoms with E-state index < -0.39 is 8.07 Å². The SMILES string of the molecule is C[Si](C)(C)C1=C(C2=CCC=C2)CC=C1. The maximum absolute atomic E-state index is 2.43. The first-order valence-electron chi connectivity index (χ1n) is 5.36. The van der Waals surface area contributed by atoms with Gasteiger partial charge in [0.05, 0.1) is 8.07 Å². The fourth-order valence-corrected chi connectivity index (χ4v) is 3.93. The van der Waals surface area contributed by atoms with Gasteiger partial charge in [-0.15, -0.1) is 0 Å². The largest absolute Gasteiger partial charge is 0.0802 e. The summed E-state index contributed by atoms with van der Waals surface area (Å²) in [6.45, 7) is 7.28.